The van der Waals surface area contributed by atoms with Crippen LogP contribution in [0.5, 0.6) is 0 Å². The Hall–Kier alpha value is -1.91. The highest BCUT2D eigenvalue weighted by atomic mass is 16.4. The van der Waals surface area contributed by atoms with E-state index in [0.717, 1.165) is 43.2 Å². The summed E-state index contributed by atoms with van der Waals surface area (Å²) in [6.07, 6.45) is 17.4. The lowest BCUT2D eigenvalue weighted by Gasteiger charge is -2.68. The van der Waals surface area contributed by atoms with Gasteiger partial charge in [0, 0.05) is 18.6 Å². The molecule has 2 N–H and O–H groups in total. The highest BCUT2D eigenvalue weighted by molar-refractivity contribution is 5.89. The maximum atomic E-state index is 11.9. The van der Waals surface area contributed by atoms with Crippen molar-refractivity contribution in [3.05, 3.63) is 53.1 Å². The Balaban J connectivity index is 1.17. The number of benzene rings is 1. The fraction of sp³-hybridized carbons (Fsp3) is 0.766. The largest absolute Gasteiger partial charge is 0.478 e. The van der Waals surface area contributed by atoms with Crippen LogP contribution in [0.4, 0.5) is 0 Å². The van der Waals surface area contributed by atoms with Crippen LogP contribution < -0.4 is 5.32 Å². The Kier molecular flexibility index (Phi) is 9.64. The van der Waals surface area contributed by atoms with Crippen molar-refractivity contribution in [3.63, 3.8) is 0 Å². The number of rotatable bonds is 11. The Labute approximate surface area is 311 Å². The number of allylic oxidation sites excluding steroid dienone is 3. The summed E-state index contributed by atoms with van der Waals surface area (Å²) in [7, 11) is 0. The number of hydrogen-bond acceptors (Lipinski definition) is 3. The molecule has 4 heteroatoms. The molecule has 282 valence electrons. The second-order valence-electron chi connectivity index (χ2n) is 20.3. The van der Waals surface area contributed by atoms with Crippen molar-refractivity contribution < 1.29 is 9.90 Å². The number of carboxylic acids is 1. The summed E-state index contributed by atoms with van der Waals surface area (Å²) in [5.74, 6) is 3.94. The first-order valence-electron chi connectivity index (χ1n) is 21.3. The topological polar surface area (TPSA) is 52.6 Å². The van der Waals surface area contributed by atoms with E-state index >= 15 is 0 Å². The zero-order valence-electron chi connectivity index (χ0n) is 34.0. The quantitative estimate of drug-likeness (QED) is 0.226. The molecule has 0 saturated heterocycles. The van der Waals surface area contributed by atoms with E-state index < -0.39 is 5.97 Å². The van der Waals surface area contributed by atoms with Gasteiger partial charge in [-0.1, -0.05) is 79.7 Å². The van der Waals surface area contributed by atoms with Crippen LogP contribution in [-0.4, -0.2) is 47.7 Å². The van der Waals surface area contributed by atoms with E-state index in [0.29, 0.717) is 33.8 Å². The van der Waals surface area contributed by atoms with Gasteiger partial charge in [0.2, 0.25) is 0 Å². The second kappa shape index (κ2) is 13.1. The van der Waals surface area contributed by atoms with E-state index in [9.17, 15) is 9.90 Å². The molecule has 0 aromatic heterocycles. The molecule has 0 amide bonds. The molecule has 3 unspecified atom stereocenters. The third-order valence-electron chi connectivity index (χ3n) is 17.3. The van der Waals surface area contributed by atoms with Crippen molar-refractivity contribution in [2.45, 2.75) is 144 Å². The van der Waals surface area contributed by atoms with E-state index in [1.54, 1.807) is 0 Å². The molecule has 4 nitrogen and oxygen atoms in total. The van der Waals surface area contributed by atoms with Crippen LogP contribution >= 0.6 is 0 Å². The van der Waals surface area contributed by atoms with Crippen LogP contribution in [0.3, 0.4) is 0 Å². The number of fused-ring (bicyclic) bond motifs is 7. The number of nitrogens with zero attached hydrogens (tertiary/aromatic N) is 1. The van der Waals surface area contributed by atoms with Crippen LogP contribution in [0.15, 0.2) is 36.4 Å². The lowest BCUT2D eigenvalue weighted by molar-refractivity contribution is -0.180. The van der Waals surface area contributed by atoms with Gasteiger partial charge in [-0.2, -0.15) is 0 Å². The number of nitrogens with one attached hydrogen (secondary N) is 1. The predicted octanol–water partition coefficient (Wildman–Crippen LogP) is 11.2. The molecule has 1 aromatic carbocycles. The Morgan fingerprint density at radius 1 is 0.941 bits per heavy atom. The first-order chi connectivity index (χ1) is 24.1. The summed E-state index contributed by atoms with van der Waals surface area (Å²) in [6, 6.07) is 5.91. The molecule has 0 bridgehead atoms. The number of carboxylic acid groups (broad SMARTS) is 1. The summed E-state index contributed by atoms with van der Waals surface area (Å²) in [5, 5.41) is 14.1. The van der Waals surface area contributed by atoms with Gasteiger partial charge in [0.15, 0.2) is 0 Å². The van der Waals surface area contributed by atoms with Crippen LogP contribution in [0.1, 0.15) is 160 Å². The summed E-state index contributed by atoms with van der Waals surface area (Å²) in [6.45, 7) is 31.3. The normalized spacial score (nSPS) is 39.1. The molecule has 1 aromatic rings. The number of carbonyl (C=O) groups is 1. The van der Waals surface area contributed by atoms with E-state index in [4.69, 9.17) is 0 Å². The van der Waals surface area contributed by atoms with Crippen LogP contribution in [0.2, 0.25) is 0 Å². The summed E-state index contributed by atoms with van der Waals surface area (Å²) < 4.78 is 0. The average molecular weight is 697 g/mol. The molecule has 0 radical (unpaired) electrons. The molecule has 5 saturated carbocycles. The molecule has 6 aliphatic carbocycles. The zero-order valence-corrected chi connectivity index (χ0v) is 34.0. The molecule has 0 heterocycles. The first kappa shape index (κ1) is 37.4. The van der Waals surface area contributed by atoms with Gasteiger partial charge in [-0.15, -0.1) is 0 Å². The second-order valence-corrected chi connectivity index (χ2v) is 20.3. The summed E-state index contributed by atoms with van der Waals surface area (Å²) in [5.41, 5.74) is 7.29. The monoisotopic (exact) mass is 697 g/mol. The van der Waals surface area contributed by atoms with Crippen molar-refractivity contribution in [1.82, 2.24) is 10.2 Å². The van der Waals surface area contributed by atoms with Gasteiger partial charge in [-0.3, -0.25) is 0 Å². The van der Waals surface area contributed by atoms with Crippen molar-refractivity contribution in [2.75, 3.05) is 26.2 Å². The van der Waals surface area contributed by atoms with E-state index in [1.807, 2.05) is 12.1 Å². The van der Waals surface area contributed by atoms with Gasteiger partial charge in [0.1, 0.15) is 0 Å². The highest BCUT2D eigenvalue weighted by Gasteiger charge is 2.66. The standard InChI is InChI=1S/C47H72N2O2/c1-11-49(12-2)29-47(25-26-47)48-28-46-23-17-33(30(3)4)41(46)35-15-16-40-44(9,38(35)19-24-46)22-20-39-43(7,8)37(18-21-45(39,40)10)34-14-13-32(42(50)51)27-36(34)31(5)6/h13-14,18,27,31,33,35,38-41,48H,3,11-12,15-17,19-26,28-29H2,1-2,4-10H3,(H,50,51)/t33?,35-,38?,39-,40-,41?,44-,45-,46+/m0/s1. The van der Waals surface area contributed by atoms with Gasteiger partial charge < -0.3 is 15.3 Å². The van der Waals surface area contributed by atoms with Crippen molar-refractivity contribution in [2.24, 2.45) is 57.2 Å². The van der Waals surface area contributed by atoms with Gasteiger partial charge in [-0.05, 0) is 183 Å². The van der Waals surface area contributed by atoms with E-state index in [-0.39, 0.29) is 16.7 Å². The molecule has 5 fully saturated rings. The minimum atomic E-state index is -0.833. The molecule has 0 spiro atoms. The molecular weight excluding hydrogens is 625 g/mol. The lowest BCUT2D eigenvalue weighted by Crippen LogP contribution is -2.62. The minimum absolute atomic E-state index is 0.0351. The summed E-state index contributed by atoms with van der Waals surface area (Å²) in [4.78, 5) is 14.6. The first-order valence-corrected chi connectivity index (χ1v) is 21.3. The Morgan fingerprint density at radius 3 is 2.27 bits per heavy atom. The fourth-order valence-corrected chi connectivity index (χ4v) is 14.5. The van der Waals surface area contributed by atoms with Gasteiger partial charge in [0.25, 0.3) is 0 Å². The van der Waals surface area contributed by atoms with Crippen LogP contribution in [0, 0.1) is 57.2 Å². The average Bonchev–Trinajstić information content (AvgIpc) is 3.74. The van der Waals surface area contributed by atoms with Crippen molar-refractivity contribution >= 4 is 11.5 Å². The van der Waals surface area contributed by atoms with Gasteiger partial charge in [-0.25, -0.2) is 4.79 Å². The maximum absolute atomic E-state index is 11.9. The molecule has 7 rings (SSSR count). The zero-order chi connectivity index (χ0) is 36.7. The van der Waals surface area contributed by atoms with E-state index in [1.165, 1.54) is 99.6 Å². The van der Waals surface area contributed by atoms with Crippen LogP contribution in [0.25, 0.3) is 5.57 Å². The molecule has 9 atom stereocenters. The number of aromatic carboxylic acids is 1. The predicted molar refractivity (Wildman–Crippen MR) is 213 cm³/mol. The van der Waals surface area contributed by atoms with Crippen LogP contribution in [-0.2, 0) is 0 Å². The van der Waals surface area contributed by atoms with E-state index in [2.05, 4.69) is 91.3 Å². The SMILES string of the molecule is C=C(C)C1CC[C@]2(CNC3(CN(CC)CC)CC3)CCC3[C@H](CC[C@@H]4[C@@]5(C)CC=C(c6ccc(C(=O)O)cc6C(C)C)C(C)(C)[C@@H]5CC[C@@]34C)C12. The van der Waals surface area contributed by atoms with Gasteiger partial charge >= 0.3 is 5.97 Å². The Bertz CT molecular complexity index is 1550. The Morgan fingerprint density at radius 2 is 1.65 bits per heavy atom. The third kappa shape index (κ3) is 5.94. The fourth-order valence-electron chi connectivity index (χ4n) is 14.5. The minimum Gasteiger partial charge on any atom is -0.478 e. The molecule has 6 aliphatic rings. The van der Waals surface area contributed by atoms with Gasteiger partial charge in [0.05, 0.1) is 5.56 Å². The smallest absolute Gasteiger partial charge is 0.335 e. The van der Waals surface area contributed by atoms with Crippen molar-refractivity contribution in [3.8, 4) is 0 Å². The maximum Gasteiger partial charge on any atom is 0.335 e. The number of likely N-dealkylation sites (N-methyl/N-ethyl adjacent to an activating group) is 1. The summed E-state index contributed by atoms with van der Waals surface area (Å²) >= 11 is 0. The highest BCUT2D eigenvalue weighted by Crippen LogP contribution is 2.74. The lowest BCUT2D eigenvalue weighted by atomic mass is 9.36. The molecule has 51 heavy (non-hydrogen) atoms. The third-order valence-corrected chi connectivity index (χ3v) is 17.3. The molecular formula is C47H72N2O2. The number of hydrogen-bond donors (Lipinski definition) is 2. The van der Waals surface area contributed by atoms with Crippen molar-refractivity contribution in [1.29, 1.82) is 0 Å². The molecule has 0 aliphatic heterocycles.